The molecule has 1 aromatic heterocycles. The molecule has 0 amide bonds. The molecule has 0 saturated heterocycles. The first-order chi connectivity index (χ1) is 15.6. The highest BCUT2D eigenvalue weighted by Gasteiger charge is 2.20. The van der Waals surface area contributed by atoms with Crippen LogP contribution >= 0.6 is 0 Å². The Kier molecular flexibility index (Phi) is 6.67. The number of para-hydroxylation sites is 3. The van der Waals surface area contributed by atoms with E-state index in [4.69, 9.17) is 19.0 Å². The summed E-state index contributed by atoms with van der Waals surface area (Å²) in [4.78, 5) is 15.6. The molecule has 164 valence electrons. The van der Waals surface area contributed by atoms with Gasteiger partial charge in [0.15, 0.2) is 17.8 Å². The van der Waals surface area contributed by atoms with Crippen LogP contribution in [0.4, 0.5) is 0 Å². The van der Waals surface area contributed by atoms with Crippen LogP contribution in [0.5, 0.6) is 11.5 Å². The highest BCUT2D eigenvalue weighted by Crippen LogP contribution is 2.25. The molecular formula is C25H24N2O5. The van der Waals surface area contributed by atoms with Crippen LogP contribution in [0.3, 0.4) is 0 Å². The molecule has 3 aromatic carbocycles. The van der Waals surface area contributed by atoms with Gasteiger partial charge in [0.2, 0.25) is 5.89 Å². The van der Waals surface area contributed by atoms with Crippen molar-refractivity contribution in [3.63, 3.8) is 0 Å². The smallest absolute Gasteiger partial charge is 0.344 e. The Hall–Kier alpha value is -3.84. The third-order valence-corrected chi connectivity index (χ3v) is 4.83. The maximum atomic E-state index is 11.0. The van der Waals surface area contributed by atoms with Gasteiger partial charge < -0.3 is 24.3 Å². The number of carbonyl (C=O) groups is 1. The minimum atomic E-state index is -1.01. The summed E-state index contributed by atoms with van der Waals surface area (Å²) in [5.74, 6) is 0.720. The van der Waals surface area contributed by atoms with Crippen molar-refractivity contribution in [2.75, 3.05) is 6.54 Å². The van der Waals surface area contributed by atoms with Crippen LogP contribution in [-0.2, 0) is 11.3 Å². The van der Waals surface area contributed by atoms with Gasteiger partial charge >= 0.3 is 5.97 Å². The first-order valence-corrected chi connectivity index (χ1v) is 10.3. The molecule has 32 heavy (non-hydrogen) atoms. The van der Waals surface area contributed by atoms with E-state index in [9.17, 15) is 4.79 Å². The van der Waals surface area contributed by atoms with Crippen LogP contribution < -0.4 is 14.8 Å². The normalized spacial score (nSPS) is 12.9. The molecule has 0 radical (unpaired) electrons. The van der Waals surface area contributed by atoms with Crippen molar-refractivity contribution in [1.82, 2.24) is 10.3 Å². The third-order valence-electron chi connectivity index (χ3n) is 4.83. The van der Waals surface area contributed by atoms with E-state index in [1.54, 1.807) is 6.07 Å². The number of ether oxygens (including phenoxy) is 2. The van der Waals surface area contributed by atoms with E-state index in [0.717, 1.165) is 16.8 Å². The second-order valence-electron chi connectivity index (χ2n) is 7.32. The molecular weight excluding hydrogens is 408 g/mol. The summed E-state index contributed by atoms with van der Waals surface area (Å²) < 4.78 is 17.5. The summed E-state index contributed by atoms with van der Waals surface area (Å²) in [7, 11) is 0. The summed E-state index contributed by atoms with van der Waals surface area (Å²) in [5, 5.41) is 12.4. The molecule has 0 bridgehead atoms. The van der Waals surface area contributed by atoms with Crippen LogP contribution in [-0.4, -0.2) is 28.7 Å². The van der Waals surface area contributed by atoms with Gasteiger partial charge in [-0.25, -0.2) is 9.78 Å². The van der Waals surface area contributed by atoms with E-state index in [2.05, 4.69) is 10.3 Å². The number of carboxylic acid groups (broad SMARTS) is 1. The summed E-state index contributed by atoms with van der Waals surface area (Å²) in [6.07, 6.45) is -1.35. The quantitative estimate of drug-likeness (QED) is 0.378. The fourth-order valence-electron chi connectivity index (χ4n) is 3.20. The number of nitrogens with zero attached hydrogens (tertiary/aromatic N) is 1. The summed E-state index contributed by atoms with van der Waals surface area (Å²) in [6.45, 7) is 2.49. The standard InChI is InChI=1S/C25H24N2O5/c1-17(25(28)29)30-20-11-7-8-18(14-20)15-26-16-23(31-19-9-3-2-4-10-19)24-27-21-12-5-6-13-22(21)32-24/h2-14,17,23,26H,15-16H2,1H3,(H,28,29). The number of fused-ring (bicyclic) bond motifs is 1. The first kappa shape index (κ1) is 21.4. The van der Waals surface area contributed by atoms with Gasteiger partial charge in [-0.15, -0.1) is 0 Å². The van der Waals surface area contributed by atoms with Crippen LogP contribution in [0.15, 0.2) is 83.3 Å². The minimum absolute atomic E-state index is 0.434. The Morgan fingerprint density at radius 1 is 1.00 bits per heavy atom. The number of hydrogen-bond acceptors (Lipinski definition) is 6. The maximum Gasteiger partial charge on any atom is 0.344 e. The van der Waals surface area contributed by atoms with Crippen molar-refractivity contribution in [2.24, 2.45) is 0 Å². The number of carboxylic acids is 1. The first-order valence-electron chi connectivity index (χ1n) is 10.3. The molecule has 0 saturated carbocycles. The lowest BCUT2D eigenvalue weighted by molar-refractivity contribution is -0.144. The molecule has 4 aromatic rings. The van der Waals surface area contributed by atoms with Gasteiger partial charge in [0.25, 0.3) is 0 Å². The van der Waals surface area contributed by atoms with Crippen LogP contribution in [0.2, 0.25) is 0 Å². The largest absolute Gasteiger partial charge is 0.479 e. The van der Waals surface area contributed by atoms with Crippen molar-refractivity contribution < 1.29 is 23.8 Å². The lowest BCUT2D eigenvalue weighted by Crippen LogP contribution is -2.25. The van der Waals surface area contributed by atoms with Crippen molar-refractivity contribution in [3.05, 3.63) is 90.3 Å². The molecule has 2 atom stereocenters. The lowest BCUT2D eigenvalue weighted by atomic mass is 10.2. The van der Waals surface area contributed by atoms with E-state index in [1.807, 2.05) is 72.8 Å². The lowest BCUT2D eigenvalue weighted by Gasteiger charge is -2.17. The molecule has 0 fully saturated rings. The second-order valence-corrected chi connectivity index (χ2v) is 7.32. The third kappa shape index (κ3) is 5.44. The summed E-state index contributed by atoms with van der Waals surface area (Å²) in [6, 6.07) is 24.5. The van der Waals surface area contributed by atoms with Crippen molar-refractivity contribution >= 4 is 17.1 Å². The highest BCUT2D eigenvalue weighted by molar-refractivity contribution is 5.72. The highest BCUT2D eigenvalue weighted by atomic mass is 16.5. The van der Waals surface area contributed by atoms with Crippen LogP contribution in [0, 0.1) is 0 Å². The Morgan fingerprint density at radius 2 is 1.75 bits per heavy atom. The van der Waals surface area contributed by atoms with Gasteiger partial charge in [-0.05, 0) is 48.9 Å². The molecule has 0 aliphatic carbocycles. The molecule has 2 unspecified atom stereocenters. The molecule has 4 rings (SSSR count). The summed E-state index contributed by atoms with van der Waals surface area (Å²) >= 11 is 0. The SMILES string of the molecule is CC(Oc1cccc(CNCC(Oc2ccccc2)c2nc3ccccc3o2)c1)C(=O)O. The maximum absolute atomic E-state index is 11.0. The number of benzene rings is 3. The van der Waals surface area contributed by atoms with Gasteiger partial charge in [-0.2, -0.15) is 0 Å². The number of hydrogen-bond donors (Lipinski definition) is 2. The zero-order valence-corrected chi connectivity index (χ0v) is 17.6. The molecule has 7 nitrogen and oxygen atoms in total. The van der Waals surface area contributed by atoms with Gasteiger partial charge in [0.1, 0.15) is 17.0 Å². The molecule has 1 heterocycles. The number of aromatic nitrogens is 1. The Balaban J connectivity index is 1.45. The topological polar surface area (TPSA) is 93.8 Å². The minimum Gasteiger partial charge on any atom is -0.479 e. The van der Waals surface area contributed by atoms with E-state index >= 15 is 0 Å². The Bertz CT molecular complexity index is 1140. The fourth-order valence-corrected chi connectivity index (χ4v) is 3.20. The Morgan fingerprint density at radius 3 is 2.53 bits per heavy atom. The molecule has 0 aliphatic heterocycles. The monoisotopic (exact) mass is 432 g/mol. The number of nitrogens with one attached hydrogen (secondary N) is 1. The van der Waals surface area contributed by atoms with Gasteiger partial charge in [-0.1, -0.05) is 42.5 Å². The molecule has 0 aliphatic rings. The zero-order chi connectivity index (χ0) is 22.3. The molecule has 2 N–H and O–H groups in total. The van der Waals surface area contributed by atoms with Gasteiger partial charge in [0.05, 0.1) is 0 Å². The van der Waals surface area contributed by atoms with Crippen molar-refractivity contribution in [1.29, 1.82) is 0 Å². The van der Waals surface area contributed by atoms with Gasteiger partial charge in [-0.3, -0.25) is 0 Å². The number of aliphatic carboxylic acids is 1. The zero-order valence-electron chi connectivity index (χ0n) is 17.6. The van der Waals surface area contributed by atoms with Crippen molar-refractivity contribution in [3.8, 4) is 11.5 Å². The van der Waals surface area contributed by atoms with E-state index < -0.39 is 18.2 Å². The molecule has 7 heteroatoms. The average Bonchev–Trinajstić information content (AvgIpc) is 3.23. The van der Waals surface area contributed by atoms with Gasteiger partial charge in [0, 0.05) is 13.1 Å². The predicted molar refractivity (Wildman–Crippen MR) is 120 cm³/mol. The fraction of sp³-hybridized carbons (Fsp3) is 0.200. The van der Waals surface area contributed by atoms with Crippen LogP contribution in [0.25, 0.3) is 11.1 Å². The van der Waals surface area contributed by atoms with E-state index in [1.165, 1.54) is 6.92 Å². The van der Waals surface area contributed by atoms with Crippen molar-refractivity contribution in [2.45, 2.75) is 25.7 Å². The average molecular weight is 432 g/mol. The number of oxazole rings is 1. The number of rotatable bonds is 10. The predicted octanol–water partition coefficient (Wildman–Crippen LogP) is 4.59. The summed E-state index contributed by atoms with van der Waals surface area (Å²) in [5.41, 5.74) is 2.44. The van der Waals surface area contributed by atoms with E-state index in [-0.39, 0.29) is 0 Å². The Labute approximate surface area is 185 Å². The van der Waals surface area contributed by atoms with Crippen LogP contribution in [0.1, 0.15) is 24.5 Å². The van der Waals surface area contributed by atoms with E-state index in [0.29, 0.717) is 30.3 Å². The second kappa shape index (κ2) is 9.98. The molecule has 0 spiro atoms.